The molecule has 0 aromatic heterocycles. The van der Waals surface area contributed by atoms with Gasteiger partial charge in [-0.1, -0.05) is 55.7 Å². The van der Waals surface area contributed by atoms with Gasteiger partial charge in [-0.05, 0) is 55.3 Å². The topological polar surface area (TPSA) is 76.1 Å². The number of aliphatic hydroxyl groups excluding tert-OH is 1. The van der Waals surface area contributed by atoms with Gasteiger partial charge in [0.2, 0.25) is 0 Å². The largest absolute Gasteiger partial charge is 0.507 e. The number of unbranched alkanes of at least 4 members (excludes halogenated alkanes) is 2. The Morgan fingerprint density at radius 3 is 2.39 bits per heavy atom. The van der Waals surface area contributed by atoms with Crippen LogP contribution in [-0.4, -0.2) is 30.5 Å². The van der Waals surface area contributed by atoms with Gasteiger partial charge < -0.3 is 14.6 Å². The van der Waals surface area contributed by atoms with Crippen LogP contribution in [0.5, 0.6) is 11.5 Å². The number of carbonyl (C=O) groups is 2. The van der Waals surface area contributed by atoms with Crippen molar-refractivity contribution in [1.82, 2.24) is 0 Å². The van der Waals surface area contributed by atoms with Crippen molar-refractivity contribution in [2.45, 2.75) is 39.2 Å². The van der Waals surface area contributed by atoms with Crippen molar-refractivity contribution < 1.29 is 24.2 Å². The first-order valence-electron chi connectivity index (χ1n) is 12.2. The van der Waals surface area contributed by atoms with Crippen molar-refractivity contribution in [3.8, 4) is 11.5 Å². The predicted octanol–water partition coefficient (Wildman–Crippen LogP) is 6.20. The molecule has 6 nitrogen and oxygen atoms in total. The Morgan fingerprint density at radius 2 is 1.69 bits per heavy atom. The van der Waals surface area contributed by atoms with Gasteiger partial charge in [0, 0.05) is 17.3 Å². The van der Waals surface area contributed by atoms with Crippen molar-refractivity contribution in [2.75, 3.05) is 18.6 Å². The third kappa shape index (κ3) is 5.13. The van der Waals surface area contributed by atoms with E-state index in [-0.39, 0.29) is 11.3 Å². The summed E-state index contributed by atoms with van der Waals surface area (Å²) in [6.45, 7) is 4.71. The van der Waals surface area contributed by atoms with Gasteiger partial charge in [-0.2, -0.15) is 0 Å². The van der Waals surface area contributed by atoms with E-state index < -0.39 is 17.7 Å². The molecule has 1 saturated heterocycles. The molecule has 0 bridgehead atoms. The maximum absolute atomic E-state index is 13.3. The first kappa shape index (κ1) is 25.0. The zero-order valence-electron chi connectivity index (χ0n) is 20.9. The normalized spacial score (nSPS) is 16.9. The number of ether oxygens (including phenoxy) is 2. The number of rotatable bonds is 9. The van der Waals surface area contributed by atoms with E-state index >= 15 is 0 Å². The Morgan fingerprint density at radius 1 is 0.944 bits per heavy atom. The molecule has 186 valence electrons. The number of hydrogen-bond acceptors (Lipinski definition) is 5. The van der Waals surface area contributed by atoms with E-state index in [0.717, 1.165) is 30.4 Å². The Bertz CT molecular complexity index is 1280. The lowest BCUT2D eigenvalue weighted by Gasteiger charge is -2.26. The lowest BCUT2D eigenvalue weighted by molar-refractivity contribution is -0.132. The molecule has 0 radical (unpaired) electrons. The van der Waals surface area contributed by atoms with Gasteiger partial charge in [-0.3, -0.25) is 14.5 Å². The quantitative estimate of drug-likeness (QED) is 0.169. The number of carbonyl (C=O) groups excluding carboxylic acids is 2. The second-order valence-electron chi connectivity index (χ2n) is 8.86. The highest BCUT2D eigenvalue weighted by molar-refractivity contribution is 6.51. The Labute approximate surface area is 211 Å². The van der Waals surface area contributed by atoms with Gasteiger partial charge in [0.05, 0.1) is 25.3 Å². The van der Waals surface area contributed by atoms with E-state index in [2.05, 4.69) is 6.92 Å². The van der Waals surface area contributed by atoms with Crippen LogP contribution in [0.2, 0.25) is 0 Å². The van der Waals surface area contributed by atoms with E-state index in [0.29, 0.717) is 29.4 Å². The zero-order valence-corrected chi connectivity index (χ0v) is 20.9. The minimum absolute atomic E-state index is 0.0463. The average Bonchev–Trinajstić information content (AvgIpc) is 3.17. The van der Waals surface area contributed by atoms with Crippen LogP contribution in [0.3, 0.4) is 0 Å². The number of aliphatic hydroxyl groups is 1. The molecule has 1 atom stereocenters. The van der Waals surface area contributed by atoms with E-state index in [4.69, 9.17) is 9.47 Å². The number of aryl methyl sites for hydroxylation is 1. The molecular weight excluding hydrogens is 454 g/mol. The highest BCUT2D eigenvalue weighted by Crippen LogP contribution is 2.43. The molecule has 0 saturated carbocycles. The van der Waals surface area contributed by atoms with Crippen LogP contribution in [0.25, 0.3) is 5.76 Å². The minimum atomic E-state index is -0.790. The fourth-order valence-corrected chi connectivity index (χ4v) is 4.42. The van der Waals surface area contributed by atoms with Gasteiger partial charge in [0.25, 0.3) is 11.7 Å². The fraction of sp³-hybridized carbons (Fsp3) is 0.267. The molecule has 4 rings (SSSR count). The summed E-state index contributed by atoms with van der Waals surface area (Å²) in [6.07, 6.45) is 3.19. The van der Waals surface area contributed by atoms with Gasteiger partial charge >= 0.3 is 0 Å². The maximum Gasteiger partial charge on any atom is 0.300 e. The fourth-order valence-electron chi connectivity index (χ4n) is 4.42. The summed E-state index contributed by atoms with van der Waals surface area (Å²) in [5.74, 6) is -0.404. The number of Topliss-reactive ketones (excluding diaryl/α,β-unsaturated/α-hetero) is 1. The van der Waals surface area contributed by atoms with Crippen LogP contribution < -0.4 is 14.4 Å². The predicted molar refractivity (Wildman–Crippen MR) is 140 cm³/mol. The molecule has 1 aliphatic heterocycles. The zero-order chi connectivity index (χ0) is 25.7. The number of anilines is 1. The number of hydrogen-bond donors (Lipinski definition) is 1. The smallest absolute Gasteiger partial charge is 0.300 e. The van der Waals surface area contributed by atoms with Crippen molar-refractivity contribution in [3.05, 3.63) is 95.1 Å². The number of ketones is 1. The molecule has 1 heterocycles. The van der Waals surface area contributed by atoms with Crippen molar-refractivity contribution >= 4 is 23.1 Å². The van der Waals surface area contributed by atoms with Gasteiger partial charge in [0.15, 0.2) is 0 Å². The molecule has 1 unspecified atom stereocenters. The van der Waals surface area contributed by atoms with E-state index in [1.807, 2.05) is 31.2 Å². The summed E-state index contributed by atoms with van der Waals surface area (Å²) < 4.78 is 11.1. The third-order valence-corrected chi connectivity index (χ3v) is 6.28. The van der Waals surface area contributed by atoms with Crippen molar-refractivity contribution in [3.63, 3.8) is 0 Å². The molecule has 1 aliphatic rings. The van der Waals surface area contributed by atoms with Crippen LogP contribution in [0.1, 0.15) is 48.9 Å². The van der Waals surface area contributed by atoms with Crippen LogP contribution in [0, 0.1) is 6.92 Å². The molecule has 6 heteroatoms. The van der Waals surface area contributed by atoms with Gasteiger partial charge in [-0.15, -0.1) is 0 Å². The minimum Gasteiger partial charge on any atom is -0.507 e. The van der Waals surface area contributed by atoms with Crippen molar-refractivity contribution in [1.29, 1.82) is 0 Å². The van der Waals surface area contributed by atoms with E-state index in [1.54, 1.807) is 55.6 Å². The van der Waals surface area contributed by atoms with Crippen molar-refractivity contribution in [2.24, 2.45) is 0 Å². The standard InChI is InChI=1S/C30H31NO5/c1-4-5-6-17-36-24-15-13-21(14-16-24)28(32)26-27(22-10-7-9-20(2)18-22)31(30(34)29(26)33)23-11-8-12-25(19-23)35-3/h7-16,18-19,27,32H,4-6,17H2,1-3H3/b28-26+. The second-order valence-corrected chi connectivity index (χ2v) is 8.86. The summed E-state index contributed by atoms with van der Waals surface area (Å²) in [4.78, 5) is 28.1. The van der Waals surface area contributed by atoms with Crippen LogP contribution in [-0.2, 0) is 9.59 Å². The molecule has 36 heavy (non-hydrogen) atoms. The summed E-state index contributed by atoms with van der Waals surface area (Å²) in [6, 6.07) is 20.7. The molecule has 0 spiro atoms. The molecule has 1 N–H and O–H groups in total. The lowest BCUT2D eigenvalue weighted by atomic mass is 9.94. The van der Waals surface area contributed by atoms with Crippen LogP contribution in [0.15, 0.2) is 78.4 Å². The highest BCUT2D eigenvalue weighted by Gasteiger charge is 2.47. The van der Waals surface area contributed by atoms with Crippen LogP contribution in [0.4, 0.5) is 5.69 Å². The first-order chi connectivity index (χ1) is 17.4. The second kappa shape index (κ2) is 11.1. The number of amides is 1. The van der Waals surface area contributed by atoms with E-state index in [9.17, 15) is 14.7 Å². The summed E-state index contributed by atoms with van der Waals surface area (Å²) in [7, 11) is 1.54. The lowest BCUT2D eigenvalue weighted by Crippen LogP contribution is -2.29. The van der Waals surface area contributed by atoms with Gasteiger partial charge in [0.1, 0.15) is 17.3 Å². The molecule has 3 aromatic carbocycles. The monoisotopic (exact) mass is 485 g/mol. The number of methoxy groups -OCH3 is 1. The molecule has 1 amide bonds. The Hall–Kier alpha value is -4.06. The average molecular weight is 486 g/mol. The Kier molecular flexibility index (Phi) is 7.74. The Balaban J connectivity index is 1.77. The first-order valence-corrected chi connectivity index (χ1v) is 12.2. The number of nitrogens with zero attached hydrogens (tertiary/aromatic N) is 1. The molecule has 0 aliphatic carbocycles. The third-order valence-electron chi connectivity index (χ3n) is 6.28. The molecular formula is C30H31NO5. The summed E-state index contributed by atoms with van der Waals surface area (Å²) in [5, 5.41) is 11.3. The molecule has 3 aromatic rings. The highest BCUT2D eigenvalue weighted by atomic mass is 16.5. The van der Waals surface area contributed by atoms with Crippen LogP contribution >= 0.6 is 0 Å². The SMILES string of the molecule is CCCCCOc1ccc(/C(O)=C2\C(=O)C(=O)N(c3cccc(OC)c3)C2c2cccc(C)c2)cc1. The summed E-state index contributed by atoms with van der Waals surface area (Å²) >= 11 is 0. The van der Waals surface area contributed by atoms with Gasteiger partial charge in [-0.25, -0.2) is 0 Å². The maximum atomic E-state index is 13.3. The van der Waals surface area contributed by atoms with E-state index in [1.165, 1.54) is 4.90 Å². The molecule has 1 fully saturated rings. The summed E-state index contributed by atoms with van der Waals surface area (Å²) in [5.41, 5.74) is 2.71. The number of benzene rings is 3.